The van der Waals surface area contributed by atoms with Crippen LogP contribution >= 0.6 is 0 Å². The molecule has 1 aliphatic rings. The van der Waals surface area contributed by atoms with E-state index in [1.165, 1.54) is 17.7 Å². The summed E-state index contributed by atoms with van der Waals surface area (Å²) in [4.78, 5) is 39.7. The number of anilines is 1. The van der Waals surface area contributed by atoms with Gasteiger partial charge in [0.1, 0.15) is 5.82 Å². The Balaban J connectivity index is 1.80. The first-order valence-electron chi connectivity index (χ1n) is 9.20. The standard InChI is InChI=1S/C22H19N3O4/c1-12-3-4-14(13(2)9-12)10-15-7-8-25-19(15)24-18-11-16(23-20(26)22(28)29)5-6-17(18)21(25)27/h3-6,9-11H,7-8H2,1-2H3,(H,23,26)(H,28,29). The second kappa shape index (κ2) is 7.01. The third kappa shape index (κ3) is 3.42. The molecule has 7 heteroatoms. The van der Waals surface area contributed by atoms with Crippen molar-refractivity contribution < 1.29 is 14.7 Å². The summed E-state index contributed by atoms with van der Waals surface area (Å²) in [6.07, 6.45) is 2.76. The van der Waals surface area contributed by atoms with Crippen molar-refractivity contribution in [3.63, 3.8) is 0 Å². The van der Waals surface area contributed by atoms with Gasteiger partial charge >= 0.3 is 11.9 Å². The van der Waals surface area contributed by atoms with Gasteiger partial charge in [0, 0.05) is 12.2 Å². The van der Waals surface area contributed by atoms with Crippen LogP contribution in [0.25, 0.3) is 22.6 Å². The predicted octanol–water partition coefficient (Wildman–Crippen LogP) is 2.98. The minimum absolute atomic E-state index is 0.148. The molecule has 3 aromatic rings. The summed E-state index contributed by atoms with van der Waals surface area (Å²) in [5.74, 6) is -2.12. The van der Waals surface area contributed by atoms with Crippen LogP contribution in [0.2, 0.25) is 0 Å². The highest BCUT2D eigenvalue weighted by Crippen LogP contribution is 2.29. The molecular formula is C22H19N3O4. The normalized spacial score (nSPS) is 14.2. The van der Waals surface area contributed by atoms with Gasteiger partial charge in [-0.1, -0.05) is 23.8 Å². The molecule has 1 amide bonds. The number of amides is 1. The molecule has 0 spiro atoms. The number of hydrogen-bond acceptors (Lipinski definition) is 4. The van der Waals surface area contributed by atoms with Crippen molar-refractivity contribution in [2.45, 2.75) is 26.8 Å². The number of rotatable bonds is 2. The molecule has 1 aromatic heterocycles. The zero-order valence-electron chi connectivity index (χ0n) is 16.0. The summed E-state index contributed by atoms with van der Waals surface area (Å²) in [6, 6.07) is 10.8. The van der Waals surface area contributed by atoms with Crippen LogP contribution < -0.4 is 10.9 Å². The van der Waals surface area contributed by atoms with Crippen molar-refractivity contribution in [2.75, 3.05) is 5.32 Å². The van der Waals surface area contributed by atoms with Crippen LogP contribution in [0.5, 0.6) is 0 Å². The van der Waals surface area contributed by atoms with Crippen LogP contribution in [0.3, 0.4) is 0 Å². The summed E-state index contributed by atoms with van der Waals surface area (Å²) in [6.45, 7) is 4.65. The van der Waals surface area contributed by atoms with Gasteiger partial charge < -0.3 is 10.4 Å². The molecule has 0 fully saturated rings. The van der Waals surface area contributed by atoms with Crippen LogP contribution in [-0.2, 0) is 16.1 Å². The number of aryl methyl sites for hydroxylation is 2. The topological polar surface area (TPSA) is 101 Å². The molecule has 146 valence electrons. The molecule has 2 N–H and O–H groups in total. The highest BCUT2D eigenvalue weighted by atomic mass is 16.4. The number of fused-ring (bicyclic) bond motifs is 2. The van der Waals surface area contributed by atoms with Crippen LogP contribution in [0, 0.1) is 13.8 Å². The van der Waals surface area contributed by atoms with Crippen LogP contribution in [0.15, 0.2) is 41.2 Å². The van der Waals surface area contributed by atoms with Gasteiger partial charge in [-0.05, 0) is 61.2 Å². The van der Waals surface area contributed by atoms with Crippen molar-refractivity contribution in [1.82, 2.24) is 9.55 Å². The Morgan fingerprint density at radius 1 is 1.17 bits per heavy atom. The Morgan fingerprint density at radius 2 is 1.97 bits per heavy atom. The average molecular weight is 389 g/mol. The number of nitrogens with one attached hydrogen (secondary N) is 1. The van der Waals surface area contributed by atoms with Gasteiger partial charge in [0.15, 0.2) is 0 Å². The number of benzene rings is 2. The number of carboxylic acids is 1. The number of carbonyl (C=O) groups excluding carboxylic acids is 1. The highest BCUT2D eigenvalue weighted by molar-refractivity contribution is 6.36. The van der Waals surface area contributed by atoms with Gasteiger partial charge in [0.2, 0.25) is 0 Å². The van der Waals surface area contributed by atoms with E-state index >= 15 is 0 Å². The number of carboxylic acid groups (broad SMARTS) is 1. The van der Waals surface area contributed by atoms with E-state index in [1.54, 1.807) is 10.6 Å². The Labute approximate surface area is 166 Å². The van der Waals surface area contributed by atoms with E-state index in [-0.39, 0.29) is 11.2 Å². The molecule has 4 rings (SSSR count). The summed E-state index contributed by atoms with van der Waals surface area (Å²) in [5.41, 5.74) is 4.93. The van der Waals surface area contributed by atoms with Crippen molar-refractivity contribution in [2.24, 2.45) is 0 Å². The Bertz CT molecular complexity index is 1270. The lowest BCUT2D eigenvalue weighted by atomic mass is 10.0. The van der Waals surface area contributed by atoms with Crippen molar-refractivity contribution in [1.29, 1.82) is 0 Å². The van der Waals surface area contributed by atoms with Crippen LogP contribution in [-0.4, -0.2) is 26.5 Å². The Kier molecular flexibility index (Phi) is 4.50. The predicted molar refractivity (Wildman–Crippen MR) is 111 cm³/mol. The van der Waals surface area contributed by atoms with E-state index in [0.29, 0.717) is 29.7 Å². The minimum Gasteiger partial charge on any atom is -0.474 e. The smallest absolute Gasteiger partial charge is 0.394 e. The van der Waals surface area contributed by atoms with E-state index in [0.717, 1.165) is 16.7 Å². The minimum atomic E-state index is -1.58. The van der Waals surface area contributed by atoms with Crippen LogP contribution in [0.1, 0.15) is 28.9 Å². The summed E-state index contributed by atoms with van der Waals surface area (Å²) < 4.78 is 1.66. The number of nitrogens with zero attached hydrogens (tertiary/aromatic N) is 2. The quantitative estimate of drug-likeness (QED) is 0.656. The second-order valence-corrected chi connectivity index (χ2v) is 7.16. The fourth-order valence-corrected chi connectivity index (χ4v) is 3.59. The fraction of sp³-hybridized carbons (Fsp3) is 0.182. The van der Waals surface area contributed by atoms with Crippen LogP contribution in [0.4, 0.5) is 5.69 Å². The van der Waals surface area contributed by atoms with Crippen molar-refractivity contribution in [3.05, 3.63) is 69.3 Å². The number of aliphatic carboxylic acids is 1. The maximum atomic E-state index is 12.9. The summed E-state index contributed by atoms with van der Waals surface area (Å²) >= 11 is 0. The lowest BCUT2D eigenvalue weighted by molar-refractivity contribution is -0.147. The molecule has 0 bridgehead atoms. The third-order valence-corrected chi connectivity index (χ3v) is 5.05. The number of allylic oxidation sites excluding steroid dienone is 1. The first-order chi connectivity index (χ1) is 13.8. The van der Waals surface area contributed by atoms with E-state index in [1.807, 2.05) is 19.9 Å². The van der Waals surface area contributed by atoms with Crippen molar-refractivity contribution >= 4 is 40.1 Å². The Morgan fingerprint density at radius 3 is 2.69 bits per heavy atom. The highest BCUT2D eigenvalue weighted by Gasteiger charge is 2.21. The molecular weight excluding hydrogens is 370 g/mol. The van der Waals surface area contributed by atoms with E-state index in [9.17, 15) is 14.4 Å². The molecule has 2 aromatic carbocycles. The van der Waals surface area contributed by atoms with Gasteiger partial charge in [-0.2, -0.15) is 0 Å². The van der Waals surface area contributed by atoms with Gasteiger partial charge in [0.25, 0.3) is 5.56 Å². The van der Waals surface area contributed by atoms with E-state index < -0.39 is 11.9 Å². The molecule has 7 nitrogen and oxygen atoms in total. The SMILES string of the molecule is Cc1ccc(C=C2CCn3c2nc2cc(NC(=O)C(=O)O)ccc2c3=O)c(C)c1. The lowest BCUT2D eigenvalue weighted by Gasteiger charge is -2.08. The summed E-state index contributed by atoms with van der Waals surface area (Å²) in [5, 5.41) is 11.5. The maximum Gasteiger partial charge on any atom is 0.394 e. The van der Waals surface area contributed by atoms with Gasteiger partial charge in [0.05, 0.1) is 10.9 Å². The monoisotopic (exact) mass is 389 g/mol. The molecule has 0 radical (unpaired) electrons. The van der Waals surface area contributed by atoms with Gasteiger partial charge in [-0.15, -0.1) is 0 Å². The summed E-state index contributed by atoms with van der Waals surface area (Å²) in [7, 11) is 0. The Hall–Kier alpha value is -3.74. The first kappa shape index (κ1) is 18.6. The number of aromatic nitrogens is 2. The van der Waals surface area contributed by atoms with Crippen molar-refractivity contribution in [3.8, 4) is 0 Å². The number of carbonyl (C=O) groups is 2. The molecule has 0 saturated heterocycles. The molecule has 29 heavy (non-hydrogen) atoms. The van der Waals surface area contributed by atoms with Gasteiger partial charge in [-0.3, -0.25) is 14.2 Å². The molecule has 0 aliphatic carbocycles. The molecule has 0 unspecified atom stereocenters. The van der Waals surface area contributed by atoms with E-state index in [4.69, 9.17) is 5.11 Å². The van der Waals surface area contributed by atoms with E-state index in [2.05, 4.69) is 28.5 Å². The molecule has 0 saturated carbocycles. The zero-order chi connectivity index (χ0) is 20.7. The number of hydrogen-bond donors (Lipinski definition) is 2. The van der Waals surface area contributed by atoms with Gasteiger partial charge in [-0.25, -0.2) is 9.78 Å². The molecule has 2 heterocycles. The molecule has 0 atom stereocenters. The maximum absolute atomic E-state index is 12.9. The average Bonchev–Trinajstić information content (AvgIpc) is 3.07. The lowest BCUT2D eigenvalue weighted by Crippen LogP contribution is -2.23. The zero-order valence-corrected chi connectivity index (χ0v) is 16.0. The second-order valence-electron chi connectivity index (χ2n) is 7.16. The largest absolute Gasteiger partial charge is 0.474 e. The fourth-order valence-electron chi connectivity index (χ4n) is 3.59. The third-order valence-electron chi connectivity index (χ3n) is 5.05. The molecule has 1 aliphatic heterocycles. The first-order valence-corrected chi connectivity index (χ1v) is 9.20.